The van der Waals surface area contributed by atoms with Crippen molar-refractivity contribution in [3.8, 4) is 0 Å². The van der Waals surface area contributed by atoms with Crippen molar-refractivity contribution < 1.29 is 9.59 Å². The largest absolute Gasteiger partial charge is 0.331 e. The predicted molar refractivity (Wildman–Crippen MR) is 62.6 cm³/mol. The van der Waals surface area contributed by atoms with Crippen LogP contribution in [-0.2, 0) is 0 Å². The molecule has 0 radical (unpaired) electrons. The summed E-state index contributed by atoms with van der Waals surface area (Å²) in [7, 11) is 9.97. The molecule has 0 bridgehead atoms. The minimum Gasteiger partial charge on any atom is -0.330 e. The molecule has 0 unspecified atom stereocenters. The van der Waals surface area contributed by atoms with Crippen molar-refractivity contribution >= 4 is 12.1 Å². The lowest BCUT2D eigenvalue weighted by atomic mass is 10.9. The van der Waals surface area contributed by atoms with Crippen LogP contribution >= 0.6 is 0 Å². The number of carbonyl (C=O) groups excluding carboxylic acids is 2. The maximum atomic E-state index is 10.5. The molecule has 0 heterocycles. The van der Waals surface area contributed by atoms with E-state index in [0.717, 1.165) is 0 Å². The average Bonchev–Trinajstić information content (AvgIpc) is 2.19. The molecule has 0 aromatic rings. The molecule has 0 rings (SSSR count). The first-order valence-corrected chi connectivity index (χ1v) is 4.64. The Labute approximate surface area is 96.3 Å². The second-order valence-corrected chi connectivity index (χ2v) is 3.15. The van der Waals surface area contributed by atoms with Crippen LogP contribution in [0.25, 0.3) is 0 Å². The summed E-state index contributed by atoms with van der Waals surface area (Å²) in [5, 5.41) is 0. The van der Waals surface area contributed by atoms with E-state index in [1.165, 1.54) is 9.80 Å². The van der Waals surface area contributed by atoms with Crippen molar-refractivity contribution in [1.29, 1.82) is 0 Å². The normalized spacial score (nSPS) is 8.38. The zero-order valence-corrected chi connectivity index (χ0v) is 10.7. The first-order valence-electron chi connectivity index (χ1n) is 4.64. The fourth-order valence-electron chi connectivity index (χ4n) is 0.437. The summed E-state index contributed by atoms with van der Waals surface area (Å²) in [4.78, 5) is 23.9. The zero-order valence-electron chi connectivity index (χ0n) is 10.7. The van der Waals surface area contributed by atoms with E-state index in [1.807, 2.05) is 0 Å². The van der Waals surface area contributed by atoms with Crippen LogP contribution in [0.3, 0.4) is 0 Å². The second kappa shape index (κ2) is 9.99. The van der Waals surface area contributed by atoms with Crippen LogP contribution in [0.1, 0.15) is 0 Å². The summed E-state index contributed by atoms with van der Waals surface area (Å²) < 4.78 is 0. The highest BCUT2D eigenvalue weighted by Crippen LogP contribution is 1.71. The van der Waals surface area contributed by atoms with Gasteiger partial charge in [-0.3, -0.25) is 10.9 Å². The van der Waals surface area contributed by atoms with Gasteiger partial charge in [0.1, 0.15) is 0 Å². The molecule has 96 valence electrons. The Hall–Kier alpha value is -1.54. The van der Waals surface area contributed by atoms with Crippen molar-refractivity contribution in [2.75, 3.05) is 42.3 Å². The van der Waals surface area contributed by atoms with Crippen molar-refractivity contribution in [1.82, 2.24) is 31.5 Å². The fourth-order valence-corrected chi connectivity index (χ4v) is 0.437. The number of nitrogens with zero attached hydrogens (tertiary/aromatic N) is 2. The van der Waals surface area contributed by atoms with E-state index in [4.69, 9.17) is 0 Å². The summed E-state index contributed by atoms with van der Waals surface area (Å²) in [5.74, 6) is 0. The van der Waals surface area contributed by atoms with Gasteiger partial charge in [-0.15, -0.1) is 0 Å². The van der Waals surface area contributed by atoms with Gasteiger partial charge in [0.15, 0.2) is 0 Å². The van der Waals surface area contributed by atoms with Gasteiger partial charge >= 0.3 is 12.1 Å². The third kappa shape index (κ3) is 10.5. The smallest absolute Gasteiger partial charge is 0.330 e. The Kier molecular flexibility index (Phi) is 10.5. The topological polar surface area (TPSA) is 88.7 Å². The van der Waals surface area contributed by atoms with E-state index in [9.17, 15) is 9.59 Å². The molecule has 8 nitrogen and oxygen atoms in total. The van der Waals surface area contributed by atoms with Crippen molar-refractivity contribution in [3.05, 3.63) is 0 Å². The van der Waals surface area contributed by atoms with Crippen molar-refractivity contribution in [3.63, 3.8) is 0 Å². The third-order valence-corrected chi connectivity index (χ3v) is 1.28. The van der Waals surface area contributed by atoms with E-state index >= 15 is 0 Å². The van der Waals surface area contributed by atoms with Crippen LogP contribution in [0.5, 0.6) is 0 Å². The fraction of sp³-hybridized carbons (Fsp3) is 0.750. The number of hydrazine groups is 2. The van der Waals surface area contributed by atoms with Gasteiger partial charge in [0.25, 0.3) is 0 Å². The first kappa shape index (κ1) is 16.9. The minimum atomic E-state index is -0.146. The molecule has 0 atom stereocenters. The lowest BCUT2D eigenvalue weighted by Gasteiger charge is -2.09. The number of rotatable bonds is 2. The highest BCUT2D eigenvalue weighted by Gasteiger charge is 1.97. The zero-order chi connectivity index (χ0) is 13.1. The number of carbonyl (C=O) groups is 2. The van der Waals surface area contributed by atoms with Crippen LogP contribution in [0, 0.1) is 0 Å². The third-order valence-electron chi connectivity index (χ3n) is 1.28. The average molecular weight is 234 g/mol. The number of amides is 4. The van der Waals surface area contributed by atoms with E-state index in [0.29, 0.717) is 0 Å². The summed E-state index contributed by atoms with van der Waals surface area (Å²) in [6.07, 6.45) is 0. The van der Waals surface area contributed by atoms with Crippen LogP contribution in [0.2, 0.25) is 0 Å². The van der Waals surface area contributed by atoms with E-state index in [-0.39, 0.29) is 12.1 Å². The lowest BCUT2D eigenvalue weighted by molar-refractivity contribution is 0.213. The molecule has 0 saturated carbocycles. The molecule has 4 N–H and O–H groups in total. The number of hydrogen-bond acceptors (Lipinski definition) is 4. The van der Waals surface area contributed by atoms with Crippen molar-refractivity contribution in [2.24, 2.45) is 0 Å². The SMILES string of the molecule is CNNC(=O)N(C)C.CNNC(=O)N(C)C. The first-order chi connectivity index (χ1) is 7.36. The van der Waals surface area contributed by atoms with Crippen LogP contribution in [-0.4, -0.2) is 64.1 Å². The highest BCUT2D eigenvalue weighted by atomic mass is 16.2. The molecule has 0 aliphatic carbocycles. The van der Waals surface area contributed by atoms with Gasteiger partial charge in [-0.1, -0.05) is 0 Å². The Morgan fingerprint density at radius 1 is 0.750 bits per heavy atom. The molecular formula is C8H22N6O2. The van der Waals surface area contributed by atoms with Crippen LogP contribution in [0.4, 0.5) is 9.59 Å². The van der Waals surface area contributed by atoms with E-state index in [1.54, 1.807) is 42.3 Å². The number of nitrogens with one attached hydrogen (secondary N) is 4. The van der Waals surface area contributed by atoms with Crippen LogP contribution in [0.15, 0.2) is 0 Å². The Balaban J connectivity index is 0. The quantitative estimate of drug-likeness (QED) is 0.451. The van der Waals surface area contributed by atoms with Gasteiger partial charge in [-0.25, -0.2) is 20.4 Å². The summed E-state index contributed by atoms with van der Waals surface area (Å²) >= 11 is 0. The molecule has 0 fully saturated rings. The second-order valence-electron chi connectivity index (χ2n) is 3.15. The Morgan fingerprint density at radius 3 is 1.06 bits per heavy atom. The van der Waals surface area contributed by atoms with Gasteiger partial charge in [0.2, 0.25) is 0 Å². The van der Waals surface area contributed by atoms with Crippen molar-refractivity contribution in [2.45, 2.75) is 0 Å². The summed E-state index contributed by atoms with van der Waals surface area (Å²) in [6.45, 7) is 0. The highest BCUT2D eigenvalue weighted by molar-refractivity contribution is 5.73. The molecule has 0 aliphatic heterocycles. The number of urea groups is 2. The van der Waals surface area contributed by atoms with Gasteiger partial charge in [0.05, 0.1) is 0 Å². The van der Waals surface area contributed by atoms with Gasteiger partial charge < -0.3 is 9.80 Å². The summed E-state index contributed by atoms with van der Waals surface area (Å²) in [6, 6.07) is -0.292. The van der Waals surface area contributed by atoms with E-state index in [2.05, 4.69) is 21.7 Å². The molecule has 0 spiro atoms. The van der Waals surface area contributed by atoms with Gasteiger partial charge in [-0.05, 0) is 0 Å². The van der Waals surface area contributed by atoms with Gasteiger partial charge in [0, 0.05) is 42.3 Å². The molecule has 4 amide bonds. The van der Waals surface area contributed by atoms with Crippen LogP contribution < -0.4 is 21.7 Å². The molecule has 0 saturated heterocycles. The predicted octanol–water partition coefficient (Wildman–Crippen LogP) is -1.22. The maximum Gasteiger partial charge on any atom is 0.331 e. The maximum absolute atomic E-state index is 10.5. The molecule has 0 aromatic heterocycles. The molecule has 8 heteroatoms. The molecule has 0 aromatic carbocycles. The molecule has 16 heavy (non-hydrogen) atoms. The molecule has 0 aliphatic rings. The number of hydrogen-bond donors (Lipinski definition) is 4. The van der Waals surface area contributed by atoms with E-state index < -0.39 is 0 Å². The standard InChI is InChI=1S/2C4H11N3O/c2*1-5-6-4(8)7(2)3/h2*5H,1-3H3,(H,6,8). The van der Waals surface area contributed by atoms with Gasteiger partial charge in [-0.2, -0.15) is 0 Å². The molecular weight excluding hydrogens is 212 g/mol. The minimum absolute atomic E-state index is 0.146. The monoisotopic (exact) mass is 234 g/mol. The summed E-state index contributed by atoms with van der Waals surface area (Å²) in [5.41, 5.74) is 9.78. The Morgan fingerprint density at radius 2 is 1.00 bits per heavy atom. The Bertz CT molecular complexity index is 185. The lowest BCUT2D eigenvalue weighted by Crippen LogP contribution is -2.41.